The van der Waals surface area contributed by atoms with Crippen LogP contribution in [-0.2, 0) is 4.79 Å². The Hall–Kier alpha value is -0.610. The van der Waals surface area contributed by atoms with E-state index in [9.17, 15) is 4.79 Å². The molecule has 0 atom stereocenters. The van der Waals surface area contributed by atoms with Crippen LogP contribution in [0, 0.1) is 0 Å². The molecule has 0 bridgehead atoms. The van der Waals surface area contributed by atoms with Gasteiger partial charge in [-0.05, 0) is 0 Å². The van der Waals surface area contributed by atoms with E-state index in [2.05, 4.69) is 10.6 Å². The molecule has 0 spiro atoms. The maximum atomic E-state index is 9.52. The number of amides is 1. The summed E-state index contributed by atoms with van der Waals surface area (Å²) in [6.45, 7) is 1.94. The van der Waals surface area contributed by atoms with E-state index in [1.54, 1.807) is 6.41 Å². The van der Waals surface area contributed by atoms with Crippen molar-refractivity contribution in [1.29, 1.82) is 0 Å². The van der Waals surface area contributed by atoms with Crippen molar-refractivity contribution in [3.8, 4) is 0 Å². The van der Waals surface area contributed by atoms with Crippen molar-refractivity contribution in [1.82, 2.24) is 10.6 Å². The SMILES string of the molecule is O=[C]NCCNCCO. The Balaban J connectivity index is 2.66. The highest BCUT2D eigenvalue weighted by atomic mass is 16.3. The summed E-state index contributed by atoms with van der Waals surface area (Å²) in [6.07, 6.45) is 1.54. The second-order valence-electron chi connectivity index (χ2n) is 1.50. The molecule has 0 aliphatic rings. The minimum absolute atomic E-state index is 0.130. The topological polar surface area (TPSA) is 61.4 Å². The Kier molecular flexibility index (Phi) is 6.89. The van der Waals surface area contributed by atoms with E-state index in [4.69, 9.17) is 5.11 Å². The van der Waals surface area contributed by atoms with E-state index in [0.717, 1.165) is 0 Å². The van der Waals surface area contributed by atoms with Gasteiger partial charge in [0.25, 0.3) is 0 Å². The molecular weight excluding hydrogens is 120 g/mol. The highest BCUT2D eigenvalue weighted by Crippen LogP contribution is 1.55. The van der Waals surface area contributed by atoms with Crippen molar-refractivity contribution in [2.45, 2.75) is 0 Å². The highest BCUT2D eigenvalue weighted by Gasteiger charge is 1.82. The lowest BCUT2D eigenvalue weighted by atomic mass is 10.6. The molecule has 4 heteroatoms. The van der Waals surface area contributed by atoms with E-state index in [0.29, 0.717) is 19.6 Å². The number of aliphatic hydroxyl groups is 1. The Morgan fingerprint density at radius 2 is 2.11 bits per heavy atom. The molecular formula is C5H11N2O2. The monoisotopic (exact) mass is 131 g/mol. The predicted molar refractivity (Wildman–Crippen MR) is 33.7 cm³/mol. The summed E-state index contributed by atoms with van der Waals surface area (Å²) in [5.74, 6) is 0. The number of nitrogens with one attached hydrogen (secondary N) is 2. The molecule has 0 rings (SSSR count). The Labute approximate surface area is 54.3 Å². The average molecular weight is 131 g/mol. The van der Waals surface area contributed by atoms with Gasteiger partial charge in [0.1, 0.15) is 0 Å². The summed E-state index contributed by atoms with van der Waals surface area (Å²) >= 11 is 0. The molecule has 0 heterocycles. The third kappa shape index (κ3) is 7.39. The quantitative estimate of drug-likeness (QED) is 0.295. The van der Waals surface area contributed by atoms with Gasteiger partial charge in [-0.1, -0.05) is 0 Å². The molecule has 4 nitrogen and oxygen atoms in total. The van der Waals surface area contributed by atoms with Crippen LogP contribution in [0.3, 0.4) is 0 Å². The van der Waals surface area contributed by atoms with E-state index >= 15 is 0 Å². The number of rotatable bonds is 6. The minimum Gasteiger partial charge on any atom is -0.395 e. The Morgan fingerprint density at radius 1 is 1.33 bits per heavy atom. The molecule has 1 radical (unpaired) electrons. The maximum Gasteiger partial charge on any atom is 0.309 e. The summed E-state index contributed by atoms with van der Waals surface area (Å²) in [5, 5.41) is 13.5. The van der Waals surface area contributed by atoms with Crippen molar-refractivity contribution in [2.75, 3.05) is 26.2 Å². The molecule has 0 aromatic rings. The van der Waals surface area contributed by atoms with Gasteiger partial charge in [0.05, 0.1) is 6.61 Å². The van der Waals surface area contributed by atoms with Gasteiger partial charge in [-0.2, -0.15) is 0 Å². The zero-order valence-corrected chi connectivity index (χ0v) is 5.18. The van der Waals surface area contributed by atoms with Crippen LogP contribution in [0.2, 0.25) is 0 Å². The molecule has 53 valence electrons. The second-order valence-corrected chi connectivity index (χ2v) is 1.50. The van der Waals surface area contributed by atoms with Crippen LogP contribution in [0.5, 0.6) is 0 Å². The van der Waals surface area contributed by atoms with Gasteiger partial charge in [-0.3, -0.25) is 4.79 Å². The van der Waals surface area contributed by atoms with Crippen molar-refractivity contribution in [3.63, 3.8) is 0 Å². The average Bonchev–Trinajstić information content (AvgIpc) is 1.89. The second kappa shape index (κ2) is 7.39. The number of aliphatic hydroxyl groups excluding tert-OH is 1. The molecule has 9 heavy (non-hydrogen) atoms. The van der Waals surface area contributed by atoms with Crippen molar-refractivity contribution < 1.29 is 9.90 Å². The lowest BCUT2D eigenvalue weighted by Crippen LogP contribution is -2.28. The molecule has 3 N–H and O–H groups in total. The van der Waals surface area contributed by atoms with Crippen LogP contribution in [-0.4, -0.2) is 37.8 Å². The first-order chi connectivity index (χ1) is 4.41. The van der Waals surface area contributed by atoms with Gasteiger partial charge >= 0.3 is 6.41 Å². The first-order valence-corrected chi connectivity index (χ1v) is 2.83. The summed E-state index contributed by atoms with van der Waals surface area (Å²) in [5.41, 5.74) is 0. The molecule has 0 aromatic carbocycles. The third-order valence-electron chi connectivity index (χ3n) is 0.788. The van der Waals surface area contributed by atoms with Gasteiger partial charge < -0.3 is 15.7 Å². The zero-order chi connectivity index (χ0) is 6.95. The van der Waals surface area contributed by atoms with Crippen molar-refractivity contribution in [2.24, 2.45) is 0 Å². The first-order valence-electron chi connectivity index (χ1n) is 2.83. The number of carbonyl (C=O) groups excluding carboxylic acids is 1. The third-order valence-corrected chi connectivity index (χ3v) is 0.788. The minimum atomic E-state index is 0.130. The summed E-state index contributed by atoms with van der Waals surface area (Å²) < 4.78 is 0. The zero-order valence-electron chi connectivity index (χ0n) is 5.18. The first kappa shape index (κ1) is 8.39. The molecule has 0 saturated carbocycles. The molecule has 0 unspecified atom stereocenters. The lowest BCUT2D eigenvalue weighted by Gasteiger charge is -1.98. The van der Waals surface area contributed by atoms with Gasteiger partial charge in [0.15, 0.2) is 0 Å². The van der Waals surface area contributed by atoms with Gasteiger partial charge in [0, 0.05) is 19.6 Å². The molecule has 1 amide bonds. The maximum absolute atomic E-state index is 9.52. The van der Waals surface area contributed by atoms with E-state index in [1.807, 2.05) is 0 Å². The van der Waals surface area contributed by atoms with E-state index in [1.165, 1.54) is 0 Å². The van der Waals surface area contributed by atoms with E-state index in [-0.39, 0.29) is 6.61 Å². The van der Waals surface area contributed by atoms with Crippen molar-refractivity contribution >= 4 is 6.41 Å². The van der Waals surface area contributed by atoms with Crippen LogP contribution < -0.4 is 10.6 Å². The number of hydrogen-bond donors (Lipinski definition) is 3. The lowest BCUT2D eigenvalue weighted by molar-refractivity contribution is 0.293. The largest absolute Gasteiger partial charge is 0.395 e. The summed E-state index contributed by atoms with van der Waals surface area (Å²) in [7, 11) is 0. The Bertz CT molecular complexity index is 68.0. The summed E-state index contributed by atoms with van der Waals surface area (Å²) in [4.78, 5) is 9.52. The van der Waals surface area contributed by atoms with Crippen LogP contribution >= 0.6 is 0 Å². The molecule has 0 aliphatic carbocycles. The van der Waals surface area contributed by atoms with Gasteiger partial charge in [-0.25, -0.2) is 0 Å². The Morgan fingerprint density at radius 3 is 2.67 bits per heavy atom. The van der Waals surface area contributed by atoms with Gasteiger partial charge in [0.2, 0.25) is 0 Å². The fourth-order valence-electron chi connectivity index (χ4n) is 0.406. The molecule has 0 aliphatic heterocycles. The standard InChI is InChI=1S/C5H11N2O2/c8-4-3-6-1-2-7-5-9/h6,8H,1-4H2,(H,7,9). The van der Waals surface area contributed by atoms with Crippen LogP contribution in [0.4, 0.5) is 0 Å². The smallest absolute Gasteiger partial charge is 0.309 e. The fourth-order valence-corrected chi connectivity index (χ4v) is 0.406. The van der Waals surface area contributed by atoms with Crippen LogP contribution in [0.1, 0.15) is 0 Å². The summed E-state index contributed by atoms with van der Waals surface area (Å²) in [6, 6.07) is 0. The van der Waals surface area contributed by atoms with Gasteiger partial charge in [-0.15, -0.1) is 0 Å². The van der Waals surface area contributed by atoms with Crippen LogP contribution in [0.25, 0.3) is 0 Å². The predicted octanol–water partition coefficient (Wildman–Crippen LogP) is -1.77. The molecule has 0 saturated heterocycles. The number of hydrogen-bond acceptors (Lipinski definition) is 3. The van der Waals surface area contributed by atoms with Crippen molar-refractivity contribution in [3.05, 3.63) is 0 Å². The van der Waals surface area contributed by atoms with E-state index < -0.39 is 0 Å². The van der Waals surface area contributed by atoms with Crippen LogP contribution in [0.15, 0.2) is 0 Å². The fraction of sp³-hybridized carbons (Fsp3) is 0.800. The highest BCUT2D eigenvalue weighted by molar-refractivity contribution is 5.46. The molecule has 0 fully saturated rings. The molecule has 0 aromatic heterocycles. The normalized spacial score (nSPS) is 9.00.